The van der Waals surface area contributed by atoms with Crippen LogP contribution in [0.4, 0.5) is 0 Å². The van der Waals surface area contributed by atoms with Crippen LogP contribution in [-0.2, 0) is 65.4 Å². The van der Waals surface area contributed by atoms with Gasteiger partial charge in [0.25, 0.3) is 0 Å². The molecule has 0 aliphatic heterocycles. The number of hydrogen-bond donors (Lipinski definition) is 3. The van der Waals surface area contributed by atoms with Gasteiger partial charge in [-0.3, -0.25) is 37.3 Å². The van der Waals surface area contributed by atoms with Crippen LogP contribution in [0.15, 0.2) is 0 Å². The van der Waals surface area contributed by atoms with Gasteiger partial charge in [-0.15, -0.1) is 0 Å². The summed E-state index contributed by atoms with van der Waals surface area (Å²) in [5.41, 5.74) is 0. The van der Waals surface area contributed by atoms with Crippen LogP contribution in [0.1, 0.15) is 312 Å². The Morgan fingerprint density at radius 2 is 0.571 bits per heavy atom. The molecular formula is C65H126O17P2. The van der Waals surface area contributed by atoms with Crippen LogP contribution in [0.2, 0.25) is 0 Å². The van der Waals surface area contributed by atoms with Gasteiger partial charge in [0, 0.05) is 25.7 Å². The second-order valence-corrected chi connectivity index (χ2v) is 28.1. The minimum Gasteiger partial charge on any atom is -0.462 e. The van der Waals surface area contributed by atoms with E-state index < -0.39 is 97.5 Å². The summed E-state index contributed by atoms with van der Waals surface area (Å²) < 4.78 is 68.0. The smallest absolute Gasteiger partial charge is 0.462 e. The first-order chi connectivity index (χ1) is 40.1. The highest BCUT2D eigenvalue weighted by Gasteiger charge is 2.30. The van der Waals surface area contributed by atoms with E-state index in [4.69, 9.17) is 37.0 Å². The predicted molar refractivity (Wildman–Crippen MR) is 335 cm³/mol. The highest BCUT2D eigenvalue weighted by atomic mass is 31.2. The van der Waals surface area contributed by atoms with E-state index in [1.54, 1.807) is 0 Å². The first-order valence-corrected chi connectivity index (χ1v) is 36.7. The van der Waals surface area contributed by atoms with Gasteiger partial charge >= 0.3 is 39.5 Å². The van der Waals surface area contributed by atoms with E-state index in [1.165, 1.54) is 109 Å². The zero-order chi connectivity index (χ0) is 62.5. The maximum absolute atomic E-state index is 13.0. The molecule has 0 aromatic heterocycles. The van der Waals surface area contributed by atoms with Crippen molar-refractivity contribution in [3.63, 3.8) is 0 Å². The minimum absolute atomic E-state index is 0.101. The lowest BCUT2D eigenvalue weighted by Crippen LogP contribution is -2.30. The highest BCUT2D eigenvalue weighted by Crippen LogP contribution is 2.45. The van der Waals surface area contributed by atoms with Gasteiger partial charge in [-0.1, -0.05) is 261 Å². The monoisotopic (exact) mass is 1240 g/mol. The van der Waals surface area contributed by atoms with Crippen molar-refractivity contribution in [2.45, 2.75) is 331 Å². The topological polar surface area (TPSA) is 237 Å². The normalized spacial score (nSPS) is 14.7. The molecule has 0 radical (unpaired) electrons. The Kier molecular flexibility index (Phi) is 53.9. The molecule has 3 N–H and O–H groups in total. The molecule has 0 spiro atoms. The number of aliphatic hydroxyl groups is 1. The third kappa shape index (κ3) is 57.8. The average Bonchev–Trinajstić information content (AvgIpc) is 3.51. The van der Waals surface area contributed by atoms with Gasteiger partial charge in [0.15, 0.2) is 12.2 Å². The van der Waals surface area contributed by atoms with E-state index in [0.29, 0.717) is 31.6 Å². The number of rotatable bonds is 62. The first-order valence-electron chi connectivity index (χ1n) is 33.7. The summed E-state index contributed by atoms with van der Waals surface area (Å²) in [5.74, 6) is 0.754. The lowest BCUT2D eigenvalue weighted by atomic mass is 10.00. The molecule has 0 aliphatic carbocycles. The number of aliphatic hydroxyl groups excluding tert-OH is 1. The third-order valence-corrected chi connectivity index (χ3v) is 17.1. The average molecular weight is 1240 g/mol. The Bertz CT molecular complexity index is 1680. The molecule has 0 saturated carbocycles. The molecule has 0 aromatic rings. The lowest BCUT2D eigenvalue weighted by molar-refractivity contribution is -0.161. The highest BCUT2D eigenvalue weighted by molar-refractivity contribution is 7.47. The number of carbonyl (C=O) groups excluding carboxylic acids is 4. The van der Waals surface area contributed by atoms with E-state index in [9.17, 15) is 43.2 Å². The third-order valence-electron chi connectivity index (χ3n) is 15.2. The summed E-state index contributed by atoms with van der Waals surface area (Å²) in [5, 5.41) is 10.5. The molecule has 0 rings (SSSR count). The van der Waals surface area contributed by atoms with E-state index >= 15 is 0 Å². The van der Waals surface area contributed by atoms with Crippen molar-refractivity contribution in [2.24, 2.45) is 23.7 Å². The van der Waals surface area contributed by atoms with E-state index in [0.717, 1.165) is 114 Å². The summed E-state index contributed by atoms with van der Waals surface area (Å²) in [6, 6.07) is 0. The number of phosphoric acid groups is 2. The number of carbonyl (C=O) groups is 4. The molecule has 6 atom stereocenters. The van der Waals surface area contributed by atoms with Crippen molar-refractivity contribution in [3.05, 3.63) is 0 Å². The number of esters is 4. The fourth-order valence-electron chi connectivity index (χ4n) is 9.57. The van der Waals surface area contributed by atoms with E-state index in [1.807, 2.05) is 0 Å². The Labute approximate surface area is 511 Å². The van der Waals surface area contributed by atoms with Crippen molar-refractivity contribution in [2.75, 3.05) is 39.6 Å². The Hall–Kier alpha value is -1.94. The van der Waals surface area contributed by atoms with Crippen LogP contribution < -0.4 is 0 Å². The molecule has 19 heteroatoms. The van der Waals surface area contributed by atoms with E-state index in [2.05, 4.69) is 55.4 Å². The van der Waals surface area contributed by atoms with Crippen molar-refractivity contribution in [1.29, 1.82) is 0 Å². The predicted octanol–water partition coefficient (Wildman–Crippen LogP) is 17.8. The van der Waals surface area contributed by atoms with E-state index in [-0.39, 0.29) is 25.7 Å². The molecule has 17 nitrogen and oxygen atoms in total. The zero-order valence-corrected chi connectivity index (χ0v) is 56.3. The number of phosphoric ester groups is 2. The minimum atomic E-state index is -4.95. The first kappa shape index (κ1) is 82.1. The van der Waals surface area contributed by atoms with Gasteiger partial charge in [0.1, 0.15) is 19.3 Å². The van der Waals surface area contributed by atoms with Gasteiger partial charge in [-0.2, -0.15) is 0 Å². The molecule has 0 aliphatic rings. The molecule has 0 saturated heterocycles. The van der Waals surface area contributed by atoms with Gasteiger partial charge < -0.3 is 33.8 Å². The number of hydrogen-bond acceptors (Lipinski definition) is 15. The number of unbranched alkanes of at least 4 members (excludes halogenated alkanes) is 27. The van der Waals surface area contributed by atoms with Crippen LogP contribution in [-0.4, -0.2) is 96.7 Å². The molecule has 0 fully saturated rings. The summed E-state index contributed by atoms with van der Waals surface area (Å²) in [6.45, 7) is 13.9. The summed E-state index contributed by atoms with van der Waals surface area (Å²) >= 11 is 0. The van der Waals surface area contributed by atoms with Crippen molar-refractivity contribution in [1.82, 2.24) is 0 Å². The van der Waals surface area contributed by atoms with Crippen molar-refractivity contribution >= 4 is 39.5 Å². The van der Waals surface area contributed by atoms with Gasteiger partial charge in [0.2, 0.25) is 0 Å². The van der Waals surface area contributed by atoms with Gasteiger partial charge in [-0.05, 0) is 49.4 Å². The van der Waals surface area contributed by atoms with Crippen LogP contribution >= 0.6 is 15.6 Å². The molecule has 0 bridgehead atoms. The largest absolute Gasteiger partial charge is 0.472 e. The van der Waals surface area contributed by atoms with Crippen LogP contribution in [0.5, 0.6) is 0 Å². The summed E-state index contributed by atoms with van der Waals surface area (Å²) in [7, 11) is -9.89. The molecule has 0 heterocycles. The van der Waals surface area contributed by atoms with Gasteiger partial charge in [-0.25, -0.2) is 9.13 Å². The zero-order valence-electron chi connectivity index (χ0n) is 54.5. The Morgan fingerprint density at radius 1 is 0.333 bits per heavy atom. The maximum Gasteiger partial charge on any atom is 0.472 e. The molecule has 0 amide bonds. The van der Waals surface area contributed by atoms with Crippen molar-refractivity contribution in [3.8, 4) is 0 Å². The molecular weight excluding hydrogens is 1110 g/mol. The van der Waals surface area contributed by atoms with Crippen LogP contribution in [0.25, 0.3) is 0 Å². The number of ether oxygens (including phenoxy) is 4. The molecule has 3 unspecified atom stereocenters. The standard InChI is InChI=1S/C65H126O17P2/c1-9-58(8)44-36-28-22-24-32-40-48-65(70)82-61(52-76-63(68)46-38-30-23-21-27-35-43-57(6)7)54-80-84(73,74)78-50-59(66)49-77-83(71,72)79-53-60(51-75-62(67)45-37-29-19-16-12-14-18-26-34-42-56(4)5)81-64(69)47-39-31-20-15-11-10-13-17-25-33-41-55(2)3/h55-61,66H,9-54H2,1-8H3,(H,71,72)(H,73,74)/t58?,59-,60-,61-/m1/s1. The second-order valence-electron chi connectivity index (χ2n) is 25.2. The van der Waals surface area contributed by atoms with Crippen molar-refractivity contribution < 1.29 is 80.2 Å². The quantitative estimate of drug-likeness (QED) is 0.0222. The Morgan fingerprint density at radius 3 is 0.845 bits per heavy atom. The molecule has 0 aromatic carbocycles. The summed E-state index contributed by atoms with van der Waals surface area (Å²) in [4.78, 5) is 72.2. The SMILES string of the molecule is CCC(C)CCCCCCCCC(=O)O[C@H](COC(=O)CCCCCCCCC(C)C)COP(=O)(O)OC[C@H](O)COP(=O)(O)OC[C@@H](COC(=O)CCCCCCCCCCCC(C)C)OC(=O)CCCCCCCCCCCCC(C)C. The summed E-state index contributed by atoms with van der Waals surface area (Å²) in [6.07, 6.45) is 35.0. The second kappa shape index (κ2) is 55.2. The molecule has 84 heavy (non-hydrogen) atoms. The Balaban J connectivity index is 5.26. The fourth-order valence-corrected chi connectivity index (χ4v) is 11.2. The van der Waals surface area contributed by atoms with Crippen LogP contribution in [0.3, 0.4) is 0 Å². The maximum atomic E-state index is 13.0. The van der Waals surface area contributed by atoms with Gasteiger partial charge in [0.05, 0.1) is 26.4 Å². The lowest BCUT2D eigenvalue weighted by Gasteiger charge is -2.21. The fraction of sp³-hybridized carbons (Fsp3) is 0.938. The van der Waals surface area contributed by atoms with Crippen LogP contribution in [0, 0.1) is 23.7 Å². The molecule has 498 valence electrons.